The van der Waals surface area contributed by atoms with E-state index in [9.17, 15) is 0 Å². The topological polar surface area (TPSA) is 64.1 Å². The second-order valence-corrected chi connectivity index (χ2v) is 5.39. The zero-order valence-corrected chi connectivity index (χ0v) is 15.2. The summed E-state index contributed by atoms with van der Waals surface area (Å²) in [7, 11) is 4.82. The van der Waals surface area contributed by atoms with E-state index in [1.54, 1.807) is 27.5 Å². The fourth-order valence-electron chi connectivity index (χ4n) is 2.14. The van der Waals surface area contributed by atoms with Gasteiger partial charge in [-0.1, -0.05) is 18.2 Å². The first kappa shape index (κ1) is 18.5. The van der Waals surface area contributed by atoms with Gasteiger partial charge in [-0.3, -0.25) is 5.43 Å². The molecule has 2 aromatic rings. The van der Waals surface area contributed by atoms with Crippen molar-refractivity contribution >= 4 is 23.5 Å². The highest BCUT2D eigenvalue weighted by atomic mass is 32.1. The Labute approximate surface area is 152 Å². The third kappa shape index (κ3) is 5.36. The lowest BCUT2D eigenvalue weighted by molar-refractivity contribution is 0.354. The molecule has 2 N–H and O–H groups in total. The fourth-order valence-corrected chi connectivity index (χ4v) is 2.26. The van der Waals surface area contributed by atoms with E-state index in [-0.39, 0.29) is 0 Å². The number of rotatable bonds is 7. The zero-order chi connectivity index (χ0) is 18.1. The average Bonchev–Trinajstić information content (AvgIpc) is 2.66. The quantitative estimate of drug-likeness (QED) is 0.450. The van der Waals surface area contributed by atoms with Crippen molar-refractivity contribution < 1.29 is 14.2 Å². The summed E-state index contributed by atoms with van der Waals surface area (Å²) < 4.78 is 15.7. The molecule has 0 saturated carbocycles. The minimum absolute atomic E-state index is 0.425. The van der Waals surface area contributed by atoms with Crippen LogP contribution in [0.4, 0.5) is 0 Å². The molecule has 0 aliphatic heterocycles. The SMILES string of the molecule is COc1ccc(CNC(=S)N/N=C/c2cccc(OC)c2OC)cc1. The molecule has 0 bridgehead atoms. The molecule has 0 aromatic heterocycles. The van der Waals surface area contributed by atoms with Gasteiger partial charge in [-0.25, -0.2) is 0 Å². The first-order valence-electron chi connectivity index (χ1n) is 7.58. The number of nitrogens with one attached hydrogen (secondary N) is 2. The van der Waals surface area contributed by atoms with Crippen LogP contribution in [0.15, 0.2) is 47.6 Å². The summed E-state index contributed by atoms with van der Waals surface area (Å²) in [5.41, 5.74) is 4.65. The number of ether oxygens (including phenoxy) is 3. The van der Waals surface area contributed by atoms with Crippen molar-refractivity contribution in [3.05, 3.63) is 53.6 Å². The van der Waals surface area contributed by atoms with E-state index in [0.717, 1.165) is 16.9 Å². The molecule has 0 radical (unpaired) electrons. The number of hydrazone groups is 1. The van der Waals surface area contributed by atoms with Crippen molar-refractivity contribution in [1.82, 2.24) is 10.7 Å². The van der Waals surface area contributed by atoms with E-state index in [1.165, 1.54) is 0 Å². The second kappa shape index (κ2) is 9.48. The van der Waals surface area contributed by atoms with Crippen LogP contribution in [0.25, 0.3) is 0 Å². The third-order valence-corrected chi connectivity index (χ3v) is 3.65. The van der Waals surface area contributed by atoms with Gasteiger partial charge in [0.2, 0.25) is 0 Å². The standard InChI is InChI=1S/C18H21N3O3S/c1-22-15-9-7-13(8-10-15)11-19-18(25)21-20-12-14-5-4-6-16(23-2)17(14)24-3/h4-10,12H,11H2,1-3H3,(H2,19,21,25)/b20-12+. The van der Waals surface area contributed by atoms with Crippen molar-refractivity contribution in [2.75, 3.05) is 21.3 Å². The number of benzene rings is 2. The molecular weight excluding hydrogens is 338 g/mol. The lowest BCUT2D eigenvalue weighted by Crippen LogP contribution is -2.31. The van der Waals surface area contributed by atoms with Crippen LogP contribution in [0, 0.1) is 0 Å². The number of nitrogens with zero attached hydrogens (tertiary/aromatic N) is 1. The van der Waals surface area contributed by atoms with Crippen LogP contribution in [0.3, 0.4) is 0 Å². The molecular formula is C18H21N3O3S. The summed E-state index contributed by atoms with van der Waals surface area (Å²) in [5.74, 6) is 2.08. The first-order valence-corrected chi connectivity index (χ1v) is 7.99. The Morgan fingerprint density at radius 1 is 1.04 bits per heavy atom. The maximum absolute atomic E-state index is 5.35. The summed E-state index contributed by atoms with van der Waals surface area (Å²) in [6, 6.07) is 13.3. The second-order valence-electron chi connectivity index (χ2n) is 4.98. The lowest BCUT2D eigenvalue weighted by Gasteiger charge is -2.10. The van der Waals surface area contributed by atoms with Crippen molar-refractivity contribution in [2.45, 2.75) is 6.54 Å². The molecule has 0 aliphatic carbocycles. The molecule has 7 heteroatoms. The third-order valence-electron chi connectivity index (χ3n) is 3.42. The van der Waals surface area contributed by atoms with Gasteiger partial charge in [0.25, 0.3) is 0 Å². The largest absolute Gasteiger partial charge is 0.497 e. The molecule has 0 amide bonds. The minimum atomic E-state index is 0.425. The predicted molar refractivity (Wildman–Crippen MR) is 103 cm³/mol. The van der Waals surface area contributed by atoms with Crippen molar-refractivity contribution in [3.63, 3.8) is 0 Å². The van der Waals surface area contributed by atoms with Crippen LogP contribution < -0.4 is 25.0 Å². The van der Waals surface area contributed by atoms with Gasteiger partial charge in [0.05, 0.1) is 27.5 Å². The molecule has 0 aliphatic rings. The Balaban J connectivity index is 1.88. The summed E-state index contributed by atoms with van der Waals surface area (Å²) in [5, 5.41) is 7.64. The van der Waals surface area contributed by atoms with E-state index in [2.05, 4.69) is 15.8 Å². The molecule has 25 heavy (non-hydrogen) atoms. The van der Waals surface area contributed by atoms with E-state index in [0.29, 0.717) is 23.2 Å². The van der Waals surface area contributed by atoms with E-state index in [4.69, 9.17) is 26.4 Å². The van der Waals surface area contributed by atoms with Gasteiger partial charge >= 0.3 is 0 Å². The Morgan fingerprint density at radius 2 is 1.80 bits per heavy atom. The van der Waals surface area contributed by atoms with E-state index < -0.39 is 0 Å². The van der Waals surface area contributed by atoms with Crippen molar-refractivity contribution in [3.8, 4) is 17.2 Å². The maximum Gasteiger partial charge on any atom is 0.187 e. The predicted octanol–water partition coefficient (Wildman–Crippen LogP) is 2.71. The molecule has 2 aromatic carbocycles. The fraction of sp³-hybridized carbons (Fsp3) is 0.222. The molecule has 0 atom stereocenters. The molecule has 132 valence electrons. The van der Waals surface area contributed by atoms with Crippen LogP contribution in [0.1, 0.15) is 11.1 Å². The Morgan fingerprint density at radius 3 is 2.44 bits per heavy atom. The highest BCUT2D eigenvalue weighted by Gasteiger charge is 2.07. The van der Waals surface area contributed by atoms with Crippen LogP contribution in [-0.2, 0) is 6.54 Å². The molecule has 0 fully saturated rings. The van der Waals surface area contributed by atoms with Crippen LogP contribution in [0.2, 0.25) is 0 Å². The van der Waals surface area contributed by atoms with Gasteiger partial charge in [-0.15, -0.1) is 0 Å². The molecule has 0 heterocycles. The van der Waals surface area contributed by atoms with Gasteiger partial charge in [-0.05, 0) is 42.0 Å². The normalized spacial score (nSPS) is 10.4. The van der Waals surface area contributed by atoms with Gasteiger partial charge in [-0.2, -0.15) is 5.10 Å². The van der Waals surface area contributed by atoms with Crippen molar-refractivity contribution in [2.24, 2.45) is 5.10 Å². The average molecular weight is 359 g/mol. The van der Waals surface area contributed by atoms with Gasteiger partial charge in [0, 0.05) is 12.1 Å². The smallest absolute Gasteiger partial charge is 0.187 e. The highest BCUT2D eigenvalue weighted by Crippen LogP contribution is 2.29. The molecule has 0 saturated heterocycles. The molecule has 0 spiro atoms. The number of hydrogen-bond donors (Lipinski definition) is 2. The van der Waals surface area contributed by atoms with Crippen LogP contribution in [0.5, 0.6) is 17.2 Å². The molecule has 0 unspecified atom stereocenters. The number of para-hydroxylation sites is 1. The minimum Gasteiger partial charge on any atom is -0.497 e. The van der Waals surface area contributed by atoms with Gasteiger partial charge in [0.15, 0.2) is 16.6 Å². The summed E-state index contributed by atoms with van der Waals surface area (Å²) in [6.07, 6.45) is 1.63. The van der Waals surface area contributed by atoms with Crippen LogP contribution >= 0.6 is 12.2 Å². The summed E-state index contributed by atoms with van der Waals surface area (Å²) in [6.45, 7) is 0.591. The number of thiocarbonyl (C=S) groups is 1. The molecule has 6 nitrogen and oxygen atoms in total. The summed E-state index contributed by atoms with van der Waals surface area (Å²) >= 11 is 5.21. The van der Waals surface area contributed by atoms with Crippen molar-refractivity contribution in [1.29, 1.82) is 0 Å². The van der Waals surface area contributed by atoms with E-state index in [1.807, 2.05) is 42.5 Å². The zero-order valence-electron chi connectivity index (χ0n) is 14.4. The monoisotopic (exact) mass is 359 g/mol. The van der Waals surface area contributed by atoms with Crippen LogP contribution in [-0.4, -0.2) is 32.7 Å². The molecule has 2 rings (SSSR count). The van der Waals surface area contributed by atoms with Gasteiger partial charge < -0.3 is 19.5 Å². The van der Waals surface area contributed by atoms with Gasteiger partial charge in [0.1, 0.15) is 5.75 Å². The first-order chi connectivity index (χ1) is 12.2. The Hall–Kier alpha value is -2.80. The van der Waals surface area contributed by atoms with E-state index >= 15 is 0 Å². The highest BCUT2D eigenvalue weighted by molar-refractivity contribution is 7.80. The number of hydrogen-bond acceptors (Lipinski definition) is 5. The number of methoxy groups -OCH3 is 3. The Kier molecular flexibility index (Phi) is 7.03. The maximum atomic E-state index is 5.35. The lowest BCUT2D eigenvalue weighted by atomic mass is 10.2. The Bertz CT molecular complexity index is 733. The summed E-state index contributed by atoms with van der Waals surface area (Å²) in [4.78, 5) is 0.